The van der Waals surface area contributed by atoms with Crippen LogP contribution in [0.15, 0.2) is 355 Å². The smallest absolute Gasteiger partial charge is 0.267 e. The summed E-state index contributed by atoms with van der Waals surface area (Å²) in [7, 11) is 6.31. The van der Waals surface area contributed by atoms with Gasteiger partial charge in [-0.15, -0.1) is 0 Å². The molecule has 22 nitrogen and oxygen atoms in total. The quantitative estimate of drug-likeness (QED) is 0.0507. The van der Waals surface area contributed by atoms with Crippen molar-refractivity contribution in [3.8, 4) is 0 Å². The van der Waals surface area contributed by atoms with E-state index >= 15 is 0 Å². The highest BCUT2D eigenvalue weighted by Gasteiger charge is 2.52. The summed E-state index contributed by atoms with van der Waals surface area (Å²) in [4.78, 5) is 36.8. The Morgan fingerprint density at radius 3 is 1.34 bits per heavy atom. The zero-order chi connectivity index (χ0) is 99.9. The minimum absolute atomic E-state index is 0. The van der Waals surface area contributed by atoms with E-state index in [1.165, 1.54) is 176 Å². The predicted molar refractivity (Wildman–Crippen MR) is 594 cm³/mol. The Balaban J connectivity index is 0.000000105. The standard InChI is InChI=1S/C30H37N5.C28H33N5O.C22H23FN4.C22H24N4.C22H23N3.CH4/c1-3-34-16-18-35(19-17-34)20-22-12-14-24(15-13-22)29-27(23-8-5-4-6-9-23)30-28-25(21(2)32-33-30)10-7-11-26(28)31-29;1-32-13-15-33(16-14-32)18-19-7-5-10-21(17-19)24-26(20-8-3-2-4-9-20)29-23-12-6-11-22-25(23)27(24)30-31-28(22)34;1-13-17-5-3-4-15-12-18(14-6-8-16(23)9-7-14)20(21(19(15)17)26-25-13)22-24-10-11-27(22)2;1-14-17-10-6-9-16-13-18(15-7-4-3-5-8-15)20(21(19(16)17)25-24-14)22-23-11-12-26(22)2;1-14-17-10-5-9-16-13-18(15-7-3-2-4-8-15)21(19-11-6-12-23-19)22(20(16)17)25-24-14;/h4-6,8-9,12-15,26-27,29,31-32H,2-3,7,10-11,16-20H2,1H3;2-5,7-10,17,23-24,26,29H,6,11-16,18H2,1H3,(H,31,34);6-11,15,18,20,25H,1,3-5,12H2,2H3;3-5,7-8,11-12,16,18,20,24H,1,6,9-10,13H2,2H3;2-4,6-8,12,16,18,21,24H,1,5,9-11,13H2;1H4. The van der Waals surface area contributed by atoms with Gasteiger partial charge in [0.2, 0.25) is 0 Å². The van der Waals surface area contributed by atoms with Crippen LogP contribution < -0.4 is 37.9 Å². The molecular weight excluding hydrogens is 1830 g/mol. The van der Waals surface area contributed by atoms with Gasteiger partial charge in [0.25, 0.3) is 5.56 Å². The van der Waals surface area contributed by atoms with Crippen molar-refractivity contribution >= 4 is 28.6 Å². The first-order valence-electron chi connectivity index (χ1n) is 54.4. The fourth-order valence-electron chi connectivity index (χ4n) is 27.8. The van der Waals surface area contributed by atoms with E-state index < -0.39 is 0 Å². The van der Waals surface area contributed by atoms with Crippen molar-refractivity contribution in [2.24, 2.45) is 63.2 Å². The highest BCUT2D eigenvalue weighted by Crippen LogP contribution is 2.57. The van der Waals surface area contributed by atoms with Gasteiger partial charge in [0.05, 0.1) is 63.2 Å². The summed E-state index contributed by atoms with van der Waals surface area (Å²) in [6, 6.07) is 69.6. The van der Waals surface area contributed by atoms with Crippen molar-refractivity contribution < 1.29 is 4.39 Å². The molecule has 3 saturated carbocycles. The molecule has 10 aromatic rings. The number of rotatable bonds is 15. The van der Waals surface area contributed by atoms with Crippen LogP contribution in [-0.4, -0.2) is 149 Å². The van der Waals surface area contributed by atoms with Crippen molar-refractivity contribution in [1.29, 1.82) is 0 Å². The molecule has 12 heterocycles. The molecule has 148 heavy (non-hydrogen) atoms. The summed E-state index contributed by atoms with van der Waals surface area (Å²) in [6.45, 7) is 31.4. The van der Waals surface area contributed by atoms with E-state index in [2.05, 4.69) is 294 Å². The summed E-state index contributed by atoms with van der Waals surface area (Å²) >= 11 is 0. The summed E-state index contributed by atoms with van der Waals surface area (Å²) in [5.74, 6) is 5.40. The molecule has 15 atom stereocenters. The number of hydrogen-bond acceptors (Lipinski definition) is 19. The van der Waals surface area contributed by atoms with Crippen LogP contribution in [0.3, 0.4) is 0 Å². The number of nitrogens with one attached hydrogen (secondary N) is 7. The Kier molecular flexibility index (Phi) is 29.5. The van der Waals surface area contributed by atoms with Crippen LogP contribution in [0.2, 0.25) is 0 Å². The van der Waals surface area contributed by atoms with E-state index in [4.69, 9.17) is 35.5 Å². The first-order valence-corrected chi connectivity index (χ1v) is 54.4. The fourth-order valence-corrected chi connectivity index (χ4v) is 27.8. The van der Waals surface area contributed by atoms with Crippen molar-refractivity contribution in [3.05, 3.63) is 420 Å². The second-order valence-corrected chi connectivity index (χ2v) is 43.6. The van der Waals surface area contributed by atoms with Crippen LogP contribution in [0.5, 0.6) is 0 Å². The van der Waals surface area contributed by atoms with E-state index in [0.717, 1.165) is 192 Å². The molecule has 0 amide bonds. The Morgan fingerprint density at radius 2 is 0.831 bits per heavy atom. The third-order valence-electron chi connectivity index (χ3n) is 35.0. The molecule has 9 aliphatic heterocycles. The van der Waals surface area contributed by atoms with E-state index in [-0.39, 0.29) is 72.4 Å². The average Bonchev–Trinajstić information content (AvgIpc) is 0.993. The number of piperidine rings is 1. The van der Waals surface area contributed by atoms with Gasteiger partial charge in [-0.25, -0.2) is 19.5 Å². The second-order valence-electron chi connectivity index (χ2n) is 43.6. The number of H-pyrrole nitrogens is 1. The maximum Gasteiger partial charge on any atom is 0.267 e. The number of halogens is 1. The number of nitrogens with zero attached hydrogens (tertiary/aromatic N) is 14. The third-order valence-corrected chi connectivity index (χ3v) is 35.0. The molecule has 7 N–H and O–H groups in total. The number of aromatic nitrogens is 6. The molecule has 3 aromatic heterocycles. The molecule has 3 saturated heterocycles. The maximum absolute atomic E-state index is 13.5. The number of hydrazone groups is 4. The van der Waals surface area contributed by atoms with Gasteiger partial charge in [-0.2, -0.15) is 25.5 Å². The van der Waals surface area contributed by atoms with Gasteiger partial charge in [-0.05, 0) is 266 Å². The van der Waals surface area contributed by atoms with Crippen molar-refractivity contribution in [2.45, 2.75) is 215 Å². The first-order chi connectivity index (χ1) is 72.1. The number of imidazole rings is 2. The lowest BCUT2D eigenvalue weighted by Crippen LogP contribution is -2.51. The van der Waals surface area contributed by atoms with E-state index in [9.17, 15) is 9.18 Å². The summed E-state index contributed by atoms with van der Waals surface area (Å²) in [5, 5.41) is 34.9. The van der Waals surface area contributed by atoms with Gasteiger partial charge >= 0.3 is 0 Å². The highest BCUT2D eigenvalue weighted by molar-refractivity contribution is 6.18. The topological polar surface area (TPSA) is 228 Å². The van der Waals surface area contributed by atoms with Gasteiger partial charge in [-0.1, -0.05) is 229 Å². The number of aromatic amines is 1. The predicted octanol–water partition coefficient (Wildman–Crippen LogP) is 22.0. The van der Waals surface area contributed by atoms with Crippen LogP contribution in [0.25, 0.3) is 0 Å². The van der Waals surface area contributed by atoms with Gasteiger partial charge in [0.1, 0.15) is 17.5 Å². The van der Waals surface area contributed by atoms with Gasteiger partial charge < -0.3 is 29.6 Å². The lowest BCUT2D eigenvalue weighted by atomic mass is 9.61. The SMILES string of the molecule is C.C=C1NN=C2C3=C1CCCC3CC(c1ccc(F)cc1)C2c1nccn1C.C=C1NN=C2C3=C1CCCC3CC(c1ccccc1)C2C1=NC=CC1.C=C1NN=C2C3=C1CCCC3CC(c1ccccc1)C2c1nccn1C.C=C1NN=C2C3=C1CCCC3NC(c1ccc(CN3CCN(CC)CC3)cc1)C2c1ccccc1.CN1CCN(Cc2cccc(C3c4n[nH]c(=O)c5c4C(CCC5)NC3c3ccccc3)c2)CC1. The van der Waals surface area contributed by atoms with Crippen molar-refractivity contribution in [1.82, 2.24) is 81.2 Å². The van der Waals surface area contributed by atoms with Gasteiger partial charge in [-0.3, -0.25) is 41.3 Å². The van der Waals surface area contributed by atoms with Crippen LogP contribution in [0, 0.1) is 29.5 Å². The molecule has 15 unspecified atom stereocenters. The third kappa shape index (κ3) is 19.8. The fraction of sp³-hybridized carbons (Fsp3) is 0.400. The molecule has 27 rings (SSSR count). The molecule has 23 heteroatoms. The molecule has 0 spiro atoms. The number of hydrogen-bond donors (Lipinski definition) is 7. The molecule has 17 aliphatic rings. The highest BCUT2D eigenvalue weighted by atomic mass is 19.1. The van der Waals surface area contributed by atoms with Crippen LogP contribution >= 0.6 is 0 Å². The monoisotopic (exact) mass is 1970 g/mol. The van der Waals surface area contributed by atoms with E-state index in [0.29, 0.717) is 35.6 Å². The summed E-state index contributed by atoms with van der Waals surface area (Å²) in [6.07, 6.45) is 33.2. The van der Waals surface area contributed by atoms with Crippen LogP contribution in [0.1, 0.15) is 268 Å². The molecule has 0 radical (unpaired) electrons. The van der Waals surface area contributed by atoms with Crippen molar-refractivity contribution in [2.75, 3.05) is 66.0 Å². The van der Waals surface area contributed by atoms with Crippen LogP contribution in [0.4, 0.5) is 4.39 Å². The molecule has 762 valence electrons. The number of allylic oxidation sites excluding steroid dienone is 8. The molecule has 8 aliphatic carbocycles. The number of aryl methyl sites for hydroxylation is 2. The van der Waals surface area contributed by atoms with Crippen LogP contribution in [-0.2, 0) is 33.6 Å². The summed E-state index contributed by atoms with van der Waals surface area (Å²) < 4.78 is 17.8. The number of aliphatic imine (C=N–C) groups is 1. The normalized spacial score (nSPS) is 27.2. The van der Waals surface area contributed by atoms with Gasteiger partial charge in [0, 0.05) is 182 Å². The van der Waals surface area contributed by atoms with Crippen molar-refractivity contribution in [3.63, 3.8) is 0 Å². The minimum Gasteiger partial charge on any atom is -0.337 e. The number of likely N-dealkylation sites (N-methyl/N-ethyl adjacent to an activating group) is 2. The summed E-state index contributed by atoms with van der Waals surface area (Å²) in [5.41, 5.74) is 49.0. The zero-order valence-corrected chi connectivity index (χ0v) is 85.7. The van der Waals surface area contributed by atoms with E-state index in [1.807, 2.05) is 50.2 Å². The minimum atomic E-state index is -0.198. The second kappa shape index (κ2) is 43.9. The molecular formula is C125H144FN21O. The zero-order valence-electron chi connectivity index (χ0n) is 85.7. The molecule has 0 bridgehead atoms. The number of piperazine rings is 2. The van der Waals surface area contributed by atoms with E-state index in [1.54, 1.807) is 12.1 Å². The Labute approximate surface area is 872 Å². The Bertz CT molecular complexity index is 7000. The lowest BCUT2D eigenvalue weighted by molar-refractivity contribution is 0.132. The maximum atomic E-state index is 13.5. The number of benzene rings is 7. The first kappa shape index (κ1) is 99.4. The molecule has 7 aromatic carbocycles. The van der Waals surface area contributed by atoms with Gasteiger partial charge in [0.15, 0.2) is 0 Å². The Morgan fingerprint density at radius 1 is 0.412 bits per heavy atom. The lowest BCUT2D eigenvalue weighted by Gasteiger charge is -2.45. The molecule has 6 fully saturated rings. The largest absolute Gasteiger partial charge is 0.337 e. The Hall–Kier alpha value is -13.3. The average molecular weight is 1980 g/mol.